The Labute approximate surface area is 190 Å². The van der Waals surface area contributed by atoms with Crippen LogP contribution in [0.5, 0.6) is 0 Å². The fraction of sp³-hybridized carbons (Fsp3) is 0. The van der Waals surface area contributed by atoms with Gasteiger partial charge in [0.1, 0.15) is 0 Å². The van der Waals surface area contributed by atoms with Crippen molar-refractivity contribution in [2.75, 3.05) is 0 Å². The van der Waals surface area contributed by atoms with E-state index in [2.05, 4.69) is 19.9 Å². The van der Waals surface area contributed by atoms with Gasteiger partial charge in [-0.25, -0.2) is 10.5 Å². The van der Waals surface area contributed by atoms with E-state index in [1.165, 1.54) is 0 Å². The molecule has 9 heteroatoms. The predicted octanol–water partition coefficient (Wildman–Crippen LogP) is 1.94. The summed E-state index contributed by atoms with van der Waals surface area (Å²) in [6, 6.07) is 23.2. The van der Waals surface area contributed by atoms with Crippen molar-refractivity contribution in [2.24, 2.45) is 0 Å². The molecule has 1 radical (unpaired) electrons. The van der Waals surface area contributed by atoms with Crippen molar-refractivity contribution in [3.05, 3.63) is 97.6 Å². The smallest absolute Gasteiger partial charge is 0.812 e. The largest absolute Gasteiger partial charge is 2.00 e. The first-order chi connectivity index (χ1) is 14.8. The Kier molecular flexibility index (Phi) is 15.3. The van der Waals surface area contributed by atoms with Crippen molar-refractivity contribution in [3.8, 4) is 35.3 Å². The predicted molar refractivity (Wildman–Crippen MR) is 106 cm³/mol. The third-order valence-electron chi connectivity index (χ3n) is 3.18. The molecule has 4 aromatic rings. The van der Waals surface area contributed by atoms with Gasteiger partial charge in [0.2, 0.25) is 0 Å². The first-order valence-corrected chi connectivity index (χ1v) is 8.44. The van der Waals surface area contributed by atoms with Crippen LogP contribution < -0.4 is 10.2 Å². The summed E-state index contributed by atoms with van der Waals surface area (Å²) >= 11 is 0. The standard InChI is InChI=1S/2C10H8N2.2CHNO.Co/c2*1-3-7-11-9(5-1)10-6-2-4-8-12-10;2*2-1-3;/h2*1-8H;2*3H;/q;;;;+2/p-2. The SMILES string of the molecule is N#C[O-].N#C[O-].[Co+2].c1ccc(-c2ccccn2)nc1.c1ccc(-c2ccccn2)nc1. The van der Waals surface area contributed by atoms with E-state index in [1.54, 1.807) is 24.8 Å². The summed E-state index contributed by atoms with van der Waals surface area (Å²) in [5.74, 6) is 0. The van der Waals surface area contributed by atoms with Gasteiger partial charge in [-0.3, -0.25) is 19.9 Å². The molecule has 4 aromatic heterocycles. The zero-order valence-corrected chi connectivity index (χ0v) is 17.1. The summed E-state index contributed by atoms with van der Waals surface area (Å²) in [7, 11) is 0. The van der Waals surface area contributed by atoms with E-state index in [9.17, 15) is 0 Å². The molecule has 0 fully saturated rings. The normalized spacial score (nSPS) is 7.94. The molecular formula is C22H16CoN6O2. The zero-order chi connectivity index (χ0) is 21.9. The summed E-state index contributed by atoms with van der Waals surface area (Å²) in [6.07, 6.45) is 8.07. The van der Waals surface area contributed by atoms with E-state index in [0.29, 0.717) is 12.5 Å². The minimum Gasteiger partial charge on any atom is -0.812 e. The average Bonchev–Trinajstić information content (AvgIpc) is 2.83. The number of pyridine rings is 4. The Morgan fingerprint density at radius 1 is 0.484 bits per heavy atom. The third-order valence-corrected chi connectivity index (χ3v) is 3.18. The van der Waals surface area contributed by atoms with Crippen molar-refractivity contribution in [2.45, 2.75) is 0 Å². The molecule has 4 heterocycles. The number of nitriles is 2. The van der Waals surface area contributed by atoms with Crippen LogP contribution in [0.2, 0.25) is 0 Å². The number of nitrogens with zero attached hydrogens (tertiary/aromatic N) is 6. The average molecular weight is 455 g/mol. The van der Waals surface area contributed by atoms with Gasteiger partial charge in [-0.15, -0.1) is 0 Å². The second-order valence-corrected chi connectivity index (χ2v) is 5.04. The first-order valence-electron chi connectivity index (χ1n) is 8.44. The molecule has 0 aliphatic heterocycles. The number of hydrogen-bond acceptors (Lipinski definition) is 8. The second-order valence-electron chi connectivity index (χ2n) is 5.04. The molecule has 0 aliphatic rings. The van der Waals surface area contributed by atoms with Crippen molar-refractivity contribution in [1.29, 1.82) is 10.5 Å². The number of rotatable bonds is 2. The molecular weight excluding hydrogens is 439 g/mol. The maximum Gasteiger partial charge on any atom is 2.00 e. The molecule has 8 nitrogen and oxygen atoms in total. The van der Waals surface area contributed by atoms with Crippen LogP contribution in [-0.4, -0.2) is 19.9 Å². The van der Waals surface area contributed by atoms with E-state index in [1.807, 2.05) is 72.8 Å². The minimum atomic E-state index is 0. The van der Waals surface area contributed by atoms with Crippen LogP contribution >= 0.6 is 0 Å². The molecule has 0 saturated carbocycles. The van der Waals surface area contributed by atoms with Gasteiger partial charge in [0.05, 0.1) is 22.8 Å². The van der Waals surface area contributed by atoms with Gasteiger partial charge in [-0.1, -0.05) is 24.3 Å². The maximum absolute atomic E-state index is 8.24. The molecule has 0 atom stereocenters. The van der Waals surface area contributed by atoms with Gasteiger partial charge in [0, 0.05) is 37.3 Å². The van der Waals surface area contributed by atoms with Gasteiger partial charge in [0.15, 0.2) is 0 Å². The maximum atomic E-state index is 8.24. The van der Waals surface area contributed by atoms with Crippen LogP contribution in [0.4, 0.5) is 0 Å². The van der Waals surface area contributed by atoms with Crippen molar-refractivity contribution >= 4 is 0 Å². The summed E-state index contributed by atoms with van der Waals surface area (Å²) in [5, 5.41) is 30.0. The summed E-state index contributed by atoms with van der Waals surface area (Å²) in [4.78, 5) is 16.7. The topological polar surface area (TPSA) is 145 Å². The monoisotopic (exact) mass is 455 g/mol. The molecule has 0 spiro atoms. The molecule has 4 rings (SSSR count). The van der Waals surface area contributed by atoms with Crippen LogP contribution in [0.15, 0.2) is 97.6 Å². The van der Waals surface area contributed by atoms with E-state index < -0.39 is 0 Å². The van der Waals surface area contributed by atoms with Crippen molar-refractivity contribution in [1.82, 2.24) is 19.9 Å². The zero-order valence-electron chi connectivity index (χ0n) is 16.1. The van der Waals surface area contributed by atoms with Crippen LogP contribution in [-0.2, 0) is 16.8 Å². The van der Waals surface area contributed by atoms with Crippen LogP contribution in [0, 0.1) is 23.0 Å². The molecule has 0 aromatic carbocycles. The Hall–Kier alpha value is -4.31. The Morgan fingerprint density at radius 3 is 0.806 bits per heavy atom. The molecule has 0 amide bonds. The van der Waals surface area contributed by atoms with E-state index in [4.69, 9.17) is 20.7 Å². The van der Waals surface area contributed by atoms with Gasteiger partial charge in [0.25, 0.3) is 0 Å². The molecule has 0 bridgehead atoms. The summed E-state index contributed by atoms with van der Waals surface area (Å²) in [5.41, 5.74) is 3.66. The first kappa shape index (κ1) is 26.7. The fourth-order valence-corrected chi connectivity index (χ4v) is 2.06. The van der Waals surface area contributed by atoms with E-state index >= 15 is 0 Å². The molecule has 155 valence electrons. The Morgan fingerprint density at radius 2 is 0.677 bits per heavy atom. The minimum absolute atomic E-state index is 0. The molecule has 0 unspecified atom stereocenters. The van der Waals surface area contributed by atoms with Gasteiger partial charge in [-0.2, -0.15) is 0 Å². The molecule has 0 saturated heterocycles. The Balaban J connectivity index is 0.000000453. The van der Waals surface area contributed by atoms with Crippen molar-refractivity contribution < 1.29 is 27.0 Å². The second kappa shape index (κ2) is 17.8. The Bertz CT molecular complexity index is 864. The summed E-state index contributed by atoms with van der Waals surface area (Å²) in [6.45, 7) is 0. The van der Waals surface area contributed by atoms with Gasteiger partial charge < -0.3 is 10.2 Å². The fourth-order valence-electron chi connectivity index (χ4n) is 2.06. The van der Waals surface area contributed by atoms with Crippen LogP contribution in [0.1, 0.15) is 0 Å². The van der Waals surface area contributed by atoms with Crippen LogP contribution in [0.25, 0.3) is 22.8 Å². The van der Waals surface area contributed by atoms with E-state index in [-0.39, 0.29) is 16.8 Å². The van der Waals surface area contributed by atoms with Gasteiger partial charge in [-0.05, 0) is 48.5 Å². The van der Waals surface area contributed by atoms with Gasteiger partial charge >= 0.3 is 16.8 Å². The number of hydrogen-bond donors (Lipinski definition) is 0. The third kappa shape index (κ3) is 11.3. The van der Waals surface area contributed by atoms with Crippen molar-refractivity contribution in [3.63, 3.8) is 0 Å². The van der Waals surface area contributed by atoms with Crippen LogP contribution in [0.3, 0.4) is 0 Å². The quantitative estimate of drug-likeness (QED) is 0.417. The number of aromatic nitrogens is 4. The molecule has 0 aliphatic carbocycles. The van der Waals surface area contributed by atoms with E-state index in [0.717, 1.165) is 22.8 Å². The summed E-state index contributed by atoms with van der Waals surface area (Å²) < 4.78 is 0. The molecule has 0 N–H and O–H groups in total. The molecule has 31 heavy (non-hydrogen) atoms.